The van der Waals surface area contributed by atoms with Gasteiger partial charge in [-0.05, 0) is 85.3 Å². The molecule has 0 aliphatic carbocycles. The zero-order chi connectivity index (χ0) is 35.4. The van der Waals surface area contributed by atoms with Gasteiger partial charge in [0.1, 0.15) is 0 Å². The molecule has 5 aromatic carbocycles. The summed E-state index contributed by atoms with van der Waals surface area (Å²) in [4.78, 5) is 0. The highest BCUT2D eigenvalue weighted by Crippen LogP contribution is 2.35. The van der Waals surface area contributed by atoms with Crippen molar-refractivity contribution in [1.29, 1.82) is 0 Å². The first-order valence-corrected chi connectivity index (χ1v) is 21.3. The van der Waals surface area contributed by atoms with E-state index in [2.05, 4.69) is 121 Å². The van der Waals surface area contributed by atoms with Crippen LogP contribution in [-0.4, -0.2) is 57.3 Å². The van der Waals surface area contributed by atoms with Gasteiger partial charge in [0.2, 0.25) is 0 Å². The van der Waals surface area contributed by atoms with Crippen molar-refractivity contribution in [3.8, 4) is 0 Å². The zero-order valence-electron chi connectivity index (χ0n) is 30.2. The van der Waals surface area contributed by atoms with E-state index in [-0.39, 0.29) is 0 Å². The molecule has 0 heterocycles. The third-order valence-corrected chi connectivity index (χ3v) is 14.5. The van der Waals surface area contributed by atoms with Gasteiger partial charge >= 0.3 is 17.6 Å². The van der Waals surface area contributed by atoms with Gasteiger partial charge in [0.05, 0.1) is 0 Å². The van der Waals surface area contributed by atoms with Gasteiger partial charge in [-0.1, -0.05) is 121 Å². The summed E-state index contributed by atoms with van der Waals surface area (Å²) in [6.07, 6.45) is 8.82. The van der Waals surface area contributed by atoms with Gasteiger partial charge in [-0.15, -0.1) is 0 Å². The first kappa shape index (κ1) is 37.5. The average molecular weight is 707 g/mol. The maximum Gasteiger partial charge on any atom is 0.537 e. The highest BCUT2D eigenvalue weighted by atomic mass is 28.4. The lowest BCUT2D eigenvalue weighted by molar-refractivity contribution is 0.0851. The smallest absolute Gasteiger partial charge is 0.370 e. The molecule has 0 saturated heterocycles. The second-order valence-electron chi connectivity index (χ2n) is 11.5. The molecule has 8 heteroatoms. The van der Waals surface area contributed by atoms with Crippen LogP contribution in [0, 0.1) is 0 Å². The van der Waals surface area contributed by atoms with Gasteiger partial charge in [-0.2, -0.15) is 0 Å². The molecule has 0 amide bonds. The van der Waals surface area contributed by atoms with E-state index in [9.17, 15) is 0 Å². The summed E-state index contributed by atoms with van der Waals surface area (Å²) in [6.45, 7) is 15.1. The number of fused-ring (bicyclic) bond motifs is 2. The summed E-state index contributed by atoms with van der Waals surface area (Å²) >= 11 is 0. The molecule has 0 atom stereocenters. The monoisotopic (exact) mass is 706 g/mol. The molecule has 0 radical (unpaired) electrons. The third-order valence-electron chi connectivity index (χ3n) is 8.43. The Kier molecular flexibility index (Phi) is 13.5. The van der Waals surface area contributed by atoms with Crippen molar-refractivity contribution in [2.45, 2.75) is 41.5 Å². The largest absolute Gasteiger partial charge is 0.537 e. The van der Waals surface area contributed by atoms with Crippen LogP contribution >= 0.6 is 0 Å². The Morgan fingerprint density at radius 1 is 0.360 bits per heavy atom. The molecular weight excluding hydrogens is 657 g/mol. The van der Waals surface area contributed by atoms with E-state index in [0.717, 1.165) is 21.5 Å². The Hall–Kier alpha value is -3.71. The Morgan fingerprint density at radius 3 is 0.860 bits per heavy atom. The van der Waals surface area contributed by atoms with E-state index in [1.54, 1.807) is 0 Å². The van der Waals surface area contributed by atoms with Crippen LogP contribution in [0.5, 0.6) is 0 Å². The Labute approximate surface area is 300 Å². The van der Waals surface area contributed by atoms with Crippen LogP contribution in [-0.2, 0) is 26.6 Å². The van der Waals surface area contributed by atoms with Crippen LogP contribution in [0.3, 0.4) is 0 Å². The first-order valence-electron chi connectivity index (χ1n) is 17.8. The summed E-state index contributed by atoms with van der Waals surface area (Å²) < 4.78 is 36.7. The topological polar surface area (TPSA) is 55.4 Å². The van der Waals surface area contributed by atoms with E-state index in [0.29, 0.717) is 39.6 Å². The molecule has 0 N–H and O–H groups in total. The minimum Gasteiger partial charge on any atom is -0.370 e. The predicted octanol–water partition coefficient (Wildman–Crippen LogP) is 8.84. The minimum atomic E-state index is -2.96. The van der Waals surface area contributed by atoms with E-state index >= 15 is 0 Å². The molecule has 6 nitrogen and oxygen atoms in total. The van der Waals surface area contributed by atoms with Gasteiger partial charge in [0.25, 0.3) is 0 Å². The molecule has 50 heavy (non-hydrogen) atoms. The molecule has 0 aliphatic heterocycles. The summed E-state index contributed by atoms with van der Waals surface area (Å²) in [5, 5.41) is 6.74. The number of rotatable bonds is 18. The van der Waals surface area contributed by atoms with Crippen molar-refractivity contribution in [3.05, 3.63) is 119 Å². The highest BCUT2D eigenvalue weighted by Gasteiger charge is 2.44. The zero-order valence-corrected chi connectivity index (χ0v) is 32.2. The predicted molar refractivity (Wildman–Crippen MR) is 213 cm³/mol. The first-order chi connectivity index (χ1) is 24.5. The molecular formula is C42H50O6Si2. The number of benzene rings is 5. The van der Waals surface area contributed by atoms with Crippen LogP contribution in [0.2, 0.25) is 0 Å². The van der Waals surface area contributed by atoms with E-state index in [4.69, 9.17) is 26.6 Å². The Morgan fingerprint density at radius 2 is 0.620 bits per heavy atom. The highest BCUT2D eigenvalue weighted by molar-refractivity contribution is 6.75. The molecule has 0 saturated carbocycles. The fraction of sp³-hybridized carbons (Fsp3) is 0.286. The minimum absolute atomic E-state index is 0.533. The van der Waals surface area contributed by atoms with Crippen molar-refractivity contribution in [2.24, 2.45) is 0 Å². The lowest BCUT2D eigenvalue weighted by Crippen LogP contribution is -2.56. The summed E-state index contributed by atoms with van der Waals surface area (Å²) in [5.41, 5.74) is 4.55. The third kappa shape index (κ3) is 8.25. The Bertz CT molecular complexity index is 1660. The van der Waals surface area contributed by atoms with Crippen LogP contribution in [0.4, 0.5) is 0 Å². The summed E-state index contributed by atoms with van der Waals surface area (Å²) in [5.74, 6) is 0. The van der Waals surface area contributed by atoms with Crippen molar-refractivity contribution in [2.75, 3.05) is 39.6 Å². The molecule has 0 spiro atoms. The average Bonchev–Trinajstić information content (AvgIpc) is 3.14. The van der Waals surface area contributed by atoms with Crippen molar-refractivity contribution >= 4 is 73.8 Å². The van der Waals surface area contributed by atoms with Crippen LogP contribution in [0.25, 0.3) is 45.8 Å². The fourth-order valence-corrected chi connectivity index (χ4v) is 11.3. The van der Waals surface area contributed by atoms with Gasteiger partial charge in [-0.3, -0.25) is 0 Å². The van der Waals surface area contributed by atoms with Gasteiger partial charge in [0.15, 0.2) is 0 Å². The second-order valence-corrected chi connectivity index (χ2v) is 16.7. The van der Waals surface area contributed by atoms with E-state index < -0.39 is 17.6 Å². The van der Waals surface area contributed by atoms with Crippen LogP contribution < -0.4 is 10.4 Å². The summed E-state index contributed by atoms with van der Waals surface area (Å²) in [7, 11) is -5.92. The molecule has 0 bridgehead atoms. The van der Waals surface area contributed by atoms with Gasteiger partial charge < -0.3 is 26.6 Å². The maximum atomic E-state index is 6.12. The molecule has 0 fully saturated rings. The second kappa shape index (κ2) is 18.0. The van der Waals surface area contributed by atoms with E-state index in [1.165, 1.54) is 32.7 Å². The maximum absolute atomic E-state index is 6.12. The normalized spacial score (nSPS) is 12.6. The standard InChI is InChI=1S/C42H50O6Si2/c1-7-43-49(44-8-2,45-9-3)35-27-21-33(22-28-35)25-31-41-37-17-13-15-19-39(37)42(40-20-16-14-18-38(40)41)32-26-34-23-29-36(30-24-34)50(46-10-4,47-11-5)48-12-6/h13-32H,7-12H2,1-6H3. The lowest BCUT2D eigenvalue weighted by atomic mass is 9.91. The molecule has 0 aliphatic rings. The molecule has 0 aromatic heterocycles. The Balaban J connectivity index is 1.50. The lowest BCUT2D eigenvalue weighted by Gasteiger charge is -2.28. The molecule has 5 aromatic rings. The summed E-state index contributed by atoms with van der Waals surface area (Å²) in [6, 6.07) is 34.1. The van der Waals surface area contributed by atoms with Gasteiger partial charge in [-0.25, -0.2) is 0 Å². The SMILES string of the molecule is CCO[Si](OCC)(OCC)c1ccc(C=Cc2c3ccccc3c(C=Cc3ccc([Si](OCC)(OCC)OCC)cc3)c3ccccc23)cc1. The molecule has 262 valence electrons. The quantitative estimate of drug-likeness (QED) is 0.0516. The number of hydrogen-bond donors (Lipinski definition) is 0. The van der Waals surface area contributed by atoms with Crippen molar-refractivity contribution in [3.63, 3.8) is 0 Å². The number of hydrogen-bond acceptors (Lipinski definition) is 6. The van der Waals surface area contributed by atoms with E-state index in [1.807, 2.05) is 41.5 Å². The van der Waals surface area contributed by atoms with Crippen molar-refractivity contribution in [1.82, 2.24) is 0 Å². The van der Waals surface area contributed by atoms with Crippen molar-refractivity contribution < 1.29 is 26.6 Å². The van der Waals surface area contributed by atoms with Crippen LogP contribution in [0.15, 0.2) is 97.1 Å². The van der Waals surface area contributed by atoms with Gasteiger partial charge in [0, 0.05) is 50.0 Å². The fourth-order valence-electron chi connectivity index (χ4n) is 6.40. The molecule has 5 rings (SSSR count). The van der Waals surface area contributed by atoms with Crippen LogP contribution in [0.1, 0.15) is 63.8 Å². The molecule has 0 unspecified atom stereocenters.